The van der Waals surface area contributed by atoms with Gasteiger partial charge in [0.2, 0.25) is 0 Å². The van der Waals surface area contributed by atoms with E-state index >= 15 is 0 Å². The fraction of sp³-hybridized carbons (Fsp3) is 0.474. The van der Waals surface area contributed by atoms with E-state index in [0.717, 1.165) is 55.9 Å². The molecule has 0 aliphatic carbocycles. The largest absolute Gasteiger partial charge is 0.394 e. The number of aromatic nitrogens is 2. The molecule has 0 saturated carbocycles. The van der Waals surface area contributed by atoms with Crippen LogP contribution in [0.4, 0.5) is 0 Å². The quantitative estimate of drug-likeness (QED) is 0.795. The molecule has 1 aliphatic heterocycles. The van der Waals surface area contributed by atoms with Crippen LogP contribution in [0.15, 0.2) is 41.6 Å². The molecule has 3 rings (SSSR count). The number of nitrogens with zero attached hydrogens (tertiary/aromatic N) is 4. The van der Waals surface area contributed by atoms with E-state index in [2.05, 4.69) is 33.7 Å². The molecule has 0 bridgehead atoms. The van der Waals surface area contributed by atoms with Crippen LogP contribution in [0.25, 0.3) is 11.4 Å². The zero-order chi connectivity index (χ0) is 16.8. The van der Waals surface area contributed by atoms with Crippen molar-refractivity contribution >= 4 is 6.21 Å². The van der Waals surface area contributed by atoms with E-state index in [1.807, 2.05) is 35.6 Å². The predicted octanol–water partition coefficient (Wildman–Crippen LogP) is 3.14. The summed E-state index contributed by atoms with van der Waals surface area (Å²) in [4.78, 5) is 4.63. The van der Waals surface area contributed by atoms with Crippen LogP contribution < -0.4 is 0 Å². The van der Waals surface area contributed by atoms with Gasteiger partial charge in [-0.2, -0.15) is 5.10 Å². The molecule has 1 saturated heterocycles. The van der Waals surface area contributed by atoms with Gasteiger partial charge in [0.15, 0.2) is 0 Å². The summed E-state index contributed by atoms with van der Waals surface area (Å²) >= 11 is 0. The molecule has 24 heavy (non-hydrogen) atoms. The molecule has 0 spiro atoms. The van der Waals surface area contributed by atoms with E-state index in [4.69, 9.17) is 0 Å². The first kappa shape index (κ1) is 16.7. The number of unbranched alkanes of at least 4 members (excludes halogenated alkanes) is 1. The smallest absolute Gasteiger partial charge is 0.140 e. The van der Waals surface area contributed by atoms with Gasteiger partial charge in [-0.3, -0.25) is 5.01 Å². The number of hydrogen-bond donors (Lipinski definition) is 1. The monoisotopic (exact) mass is 326 g/mol. The third kappa shape index (κ3) is 3.67. The number of benzene rings is 1. The minimum Gasteiger partial charge on any atom is -0.394 e. The van der Waals surface area contributed by atoms with Crippen LogP contribution in [0.1, 0.15) is 38.3 Å². The van der Waals surface area contributed by atoms with Gasteiger partial charge >= 0.3 is 0 Å². The Hall–Kier alpha value is -2.14. The van der Waals surface area contributed by atoms with E-state index in [0.29, 0.717) is 0 Å². The fourth-order valence-electron chi connectivity index (χ4n) is 3.15. The third-order valence-electron chi connectivity index (χ3n) is 4.55. The second kappa shape index (κ2) is 8.11. The molecular formula is C19H26N4O. The van der Waals surface area contributed by atoms with Gasteiger partial charge in [-0.05, 0) is 19.3 Å². The summed E-state index contributed by atoms with van der Waals surface area (Å²) in [6.07, 6.45) is 8.14. The van der Waals surface area contributed by atoms with Gasteiger partial charge in [0.1, 0.15) is 5.82 Å². The summed E-state index contributed by atoms with van der Waals surface area (Å²) in [5, 5.41) is 16.0. The lowest BCUT2D eigenvalue weighted by atomic mass is 10.2. The molecule has 1 aromatic heterocycles. The highest BCUT2D eigenvalue weighted by atomic mass is 16.3. The van der Waals surface area contributed by atoms with Gasteiger partial charge in [-0.1, -0.05) is 43.7 Å². The van der Waals surface area contributed by atoms with Crippen LogP contribution in [0.3, 0.4) is 0 Å². The Labute approximate surface area is 143 Å². The van der Waals surface area contributed by atoms with E-state index in [1.165, 1.54) is 0 Å². The van der Waals surface area contributed by atoms with E-state index in [-0.39, 0.29) is 12.6 Å². The standard InChI is InChI=1S/C19H26N4O/c1-2-3-11-22-18(14-21-23-12-7-10-17(23)15-24)13-20-19(22)16-8-5-4-6-9-16/h4-6,8-9,13-14,17,24H,2-3,7,10-12,15H2,1H3/b21-14+/t17-/m0/s1. The Morgan fingerprint density at radius 2 is 2.17 bits per heavy atom. The van der Waals surface area contributed by atoms with Crippen molar-refractivity contribution in [1.82, 2.24) is 14.6 Å². The highest BCUT2D eigenvalue weighted by Crippen LogP contribution is 2.21. The SMILES string of the molecule is CCCCn1c(/C=N/N2CCC[C@H]2CO)cnc1-c1ccccc1. The highest BCUT2D eigenvalue weighted by Gasteiger charge is 2.22. The zero-order valence-corrected chi connectivity index (χ0v) is 14.3. The first-order valence-corrected chi connectivity index (χ1v) is 8.86. The van der Waals surface area contributed by atoms with Crippen LogP contribution in [0, 0.1) is 0 Å². The molecule has 5 nitrogen and oxygen atoms in total. The molecule has 2 aromatic rings. The van der Waals surface area contributed by atoms with Crippen molar-refractivity contribution < 1.29 is 5.11 Å². The summed E-state index contributed by atoms with van der Waals surface area (Å²) in [5.74, 6) is 0.991. The van der Waals surface area contributed by atoms with Crippen molar-refractivity contribution in [3.8, 4) is 11.4 Å². The van der Waals surface area contributed by atoms with Crippen LogP contribution in [0.2, 0.25) is 0 Å². The van der Waals surface area contributed by atoms with Crippen molar-refractivity contribution in [3.05, 3.63) is 42.2 Å². The summed E-state index contributed by atoms with van der Waals surface area (Å²) in [6.45, 7) is 4.21. The topological polar surface area (TPSA) is 53.7 Å². The third-order valence-corrected chi connectivity index (χ3v) is 4.55. The van der Waals surface area contributed by atoms with Gasteiger partial charge in [0.05, 0.1) is 30.8 Å². The number of aliphatic hydroxyl groups is 1. The minimum absolute atomic E-state index is 0.154. The van der Waals surface area contributed by atoms with E-state index in [9.17, 15) is 5.11 Å². The van der Waals surface area contributed by atoms with Gasteiger partial charge in [-0.25, -0.2) is 4.98 Å². The summed E-state index contributed by atoms with van der Waals surface area (Å²) in [5.41, 5.74) is 2.15. The molecule has 1 aromatic carbocycles. The van der Waals surface area contributed by atoms with Crippen LogP contribution >= 0.6 is 0 Å². The molecule has 128 valence electrons. The van der Waals surface area contributed by atoms with Crippen molar-refractivity contribution in [2.45, 2.75) is 45.2 Å². The van der Waals surface area contributed by atoms with Gasteiger partial charge in [0.25, 0.3) is 0 Å². The number of hydrogen-bond acceptors (Lipinski definition) is 4. The summed E-state index contributed by atoms with van der Waals surface area (Å²) < 4.78 is 2.24. The highest BCUT2D eigenvalue weighted by molar-refractivity contribution is 5.78. The Bertz CT molecular complexity index is 665. The maximum Gasteiger partial charge on any atom is 0.140 e. The molecule has 2 heterocycles. The lowest BCUT2D eigenvalue weighted by Gasteiger charge is -2.19. The van der Waals surface area contributed by atoms with Crippen LogP contribution in [-0.2, 0) is 6.54 Å². The molecule has 1 fully saturated rings. The Morgan fingerprint density at radius 3 is 2.92 bits per heavy atom. The maximum absolute atomic E-state index is 9.42. The lowest BCUT2D eigenvalue weighted by Crippen LogP contribution is -2.27. The molecule has 1 atom stereocenters. The van der Waals surface area contributed by atoms with Gasteiger partial charge < -0.3 is 9.67 Å². The van der Waals surface area contributed by atoms with E-state index < -0.39 is 0 Å². The van der Waals surface area contributed by atoms with Gasteiger partial charge in [0, 0.05) is 18.7 Å². The summed E-state index contributed by atoms with van der Waals surface area (Å²) in [6, 6.07) is 10.4. The number of hydrazone groups is 1. The van der Waals surface area contributed by atoms with Gasteiger partial charge in [-0.15, -0.1) is 0 Å². The van der Waals surface area contributed by atoms with Crippen molar-refractivity contribution in [1.29, 1.82) is 0 Å². The average Bonchev–Trinajstić information content (AvgIpc) is 3.25. The Morgan fingerprint density at radius 1 is 1.33 bits per heavy atom. The predicted molar refractivity (Wildman–Crippen MR) is 97.0 cm³/mol. The fourth-order valence-corrected chi connectivity index (χ4v) is 3.15. The second-order valence-electron chi connectivity index (χ2n) is 6.26. The first-order valence-electron chi connectivity index (χ1n) is 8.86. The number of imidazole rings is 1. The average molecular weight is 326 g/mol. The van der Waals surface area contributed by atoms with Crippen molar-refractivity contribution in [2.24, 2.45) is 5.10 Å². The molecule has 1 N–H and O–H groups in total. The van der Waals surface area contributed by atoms with Crippen molar-refractivity contribution in [3.63, 3.8) is 0 Å². The number of rotatable bonds is 7. The molecule has 0 unspecified atom stereocenters. The van der Waals surface area contributed by atoms with Crippen LogP contribution in [-0.4, -0.2) is 45.1 Å². The zero-order valence-electron chi connectivity index (χ0n) is 14.3. The number of aliphatic hydroxyl groups excluding tert-OH is 1. The Balaban J connectivity index is 1.86. The molecule has 1 aliphatic rings. The first-order chi connectivity index (χ1) is 11.8. The molecule has 5 heteroatoms. The Kier molecular flexibility index (Phi) is 5.64. The summed E-state index contributed by atoms with van der Waals surface area (Å²) in [7, 11) is 0. The second-order valence-corrected chi connectivity index (χ2v) is 6.26. The maximum atomic E-state index is 9.42. The minimum atomic E-state index is 0.154. The van der Waals surface area contributed by atoms with E-state index in [1.54, 1.807) is 0 Å². The molecule has 0 radical (unpaired) electrons. The lowest BCUT2D eigenvalue weighted by molar-refractivity contribution is 0.164. The molecule has 0 amide bonds. The van der Waals surface area contributed by atoms with Crippen LogP contribution in [0.5, 0.6) is 0 Å². The normalized spacial score (nSPS) is 17.9. The molecular weight excluding hydrogens is 300 g/mol. The van der Waals surface area contributed by atoms with Crippen molar-refractivity contribution in [2.75, 3.05) is 13.2 Å².